The molecule has 0 bridgehead atoms. The number of ether oxygens (including phenoxy) is 1. The van der Waals surface area contributed by atoms with Gasteiger partial charge in [0.2, 0.25) is 0 Å². The van der Waals surface area contributed by atoms with Gasteiger partial charge in [-0.25, -0.2) is 0 Å². The summed E-state index contributed by atoms with van der Waals surface area (Å²) in [6.45, 7) is 7.25. The van der Waals surface area contributed by atoms with Gasteiger partial charge in [0.1, 0.15) is 0 Å². The molecule has 2 unspecified atom stereocenters. The maximum absolute atomic E-state index is 5.69. The van der Waals surface area contributed by atoms with Crippen molar-refractivity contribution in [1.29, 1.82) is 0 Å². The summed E-state index contributed by atoms with van der Waals surface area (Å²) in [4.78, 5) is 0. The molecule has 1 aliphatic rings. The van der Waals surface area contributed by atoms with Crippen LogP contribution in [0.1, 0.15) is 44.5 Å². The van der Waals surface area contributed by atoms with Crippen molar-refractivity contribution in [2.75, 3.05) is 19.8 Å². The van der Waals surface area contributed by atoms with Gasteiger partial charge in [-0.15, -0.1) is 0 Å². The van der Waals surface area contributed by atoms with E-state index in [9.17, 15) is 0 Å². The van der Waals surface area contributed by atoms with Crippen molar-refractivity contribution in [2.45, 2.75) is 52.0 Å². The second-order valence-electron chi connectivity index (χ2n) is 5.93. The molecule has 2 rings (SSSR count). The maximum Gasteiger partial charge on any atom is 0.0766 e. The largest absolute Gasteiger partial charge is 0.381 e. The molecule has 0 aliphatic carbocycles. The van der Waals surface area contributed by atoms with Crippen molar-refractivity contribution < 1.29 is 4.74 Å². The third-order valence-electron chi connectivity index (χ3n) is 4.34. The highest BCUT2D eigenvalue weighted by Crippen LogP contribution is 2.26. The van der Waals surface area contributed by atoms with Crippen LogP contribution in [0.5, 0.6) is 0 Å². The Morgan fingerprint density at radius 3 is 2.86 bits per heavy atom. The minimum absolute atomic E-state index is 0.474. The summed E-state index contributed by atoms with van der Waals surface area (Å²) < 4.78 is 8.92. The number of nitrogens with zero attached hydrogens (tertiary/aromatic N) is 2. The molecule has 0 saturated carbocycles. The fourth-order valence-electron chi connectivity index (χ4n) is 3.07. The summed E-state index contributed by atoms with van der Waals surface area (Å²) in [5, 5.41) is 8.35. The highest BCUT2D eigenvalue weighted by atomic mass is 79.9. The summed E-state index contributed by atoms with van der Waals surface area (Å²) in [5.74, 6) is 0.608. The van der Waals surface area contributed by atoms with Crippen LogP contribution in [0.4, 0.5) is 0 Å². The highest BCUT2D eigenvalue weighted by molar-refractivity contribution is 9.10. The van der Waals surface area contributed by atoms with E-state index in [1.165, 1.54) is 23.0 Å². The van der Waals surface area contributed by atoms with Crippen molar-refractivity contribution in [1.82, 2.24) is 15.1 Å². The molecule has 120 valence electrons. The number of hydrogen-bond donors (Lipinski definition) is 1. The topological polar surface area (TPSA) is 39.1 Å². The molecule has 2 atom stereocenters. The van der Waals surface area contributed by atoms with Crippen LogP contribution < -0.4 is 5.32 Å². The monoisotopic (exact) mass is 357 g/mol. The van der Waals surface area contributed by atoms with Gasteiger partial charge in [0.05, 0.1) is 22.5 Å². The number of nitrogens with one attached hydrogen (secondary N) is 1. The van der Waals surface area contributed by atoms with E-state index in [-0.39, 0.29) is 0 Å². The molecule has 1 aromatic heterocycles. The molecule has 1 N–H and O–H groups in total. The quantitative estimate of drug-likeness (QED) is 0.814. The molecule has 5 heteroatoms. The molecule has 1 saturated heterocycles. The highest BCUT2D eigenvalue weighted by Gasteiger charge is 2.26. The van der Waals surface area contributed by atoms with Gasteiger partial charge in [0.15, 0.2) is 0 Å². The van der Waals surface area contributed by atoms with Gasteiger partial charge in [-0.1, -0.05) is 13.8 Å². The van der Waals surface area contributed by atoms with Crippen LogP contribution in [-0.2, 0) is 24.6 Å². The lowest BCUT2D eigenvalue weighted by atomic mass is 9.90. The van der Waals surface area contributed by atoms with Crippen molar-refractivity contribution in [3.8, 4) is 0 Å². The van der Waals surface area contributed by atoms with E-state index in [1.807, 2.05) is 11.7 Å². The number of aromatic nitrogens is 2. The summed E-state index contributed by atoms with van der Waals surface area (Å²) in [6, 6.07) is 0.474. The van der Waals surface area contributed by atoms with Crippen molar-refractivity contribution in [3.05, 3.63) is 15.9 Å². The van der Waals surface area contributed by atoms with Gasteiger partial charge < -0.3 is 10.1 Å². The molecule has 0 spiro atoms. The van der Waals surface area contributed by atoms with Gasteiger partial charge in [-0.3, -0.25) is 4.68 Å². The number of aryl methyl sites for hydroxylation is 2. The molecule has 0 amide bonds. The minimum atomic E-state index is 0.474. The van der Waals surface area contributed by atoms with Gasteiger partial charge in [0, 0.05) is 26.1 Å². The van der Waals surface area contributed by atoms with Crippen LogP contribution in [0.3, 0.4) is 0 Å². The fourth-order valence-corrected chi connectivity index (χ4v) is 3.85. The summed E-state index contributed by atoms with van der Waals surface area (Å²) in [7, 11) is 2.05. The van der Waals surface area contributed by atoms with E-state index >= 15 is 0 Å². The van der Waals surface area contributed by atoms with Crippen LogP contribution in [0.15, 0.2) is 4.47 Å². The molecule has 1 aliphatic heterocycles. The van der Waals surface area contributed by atoms with Crippen LogP contribution in [0.25, 0.3) is 0 Å². The van der Waals surface area contributed by atoms with Crippen molar-refractivity contribution in [2.24, 2.45) is 13.0 Å². The lowest BCUT2D eigenvalue weighted by Gasteiger charge is -2.31. The van der Waals surface area contributed by atoms with E-state index in [2.05, 4.69) is 40.2 Å². The van der Waals surface area contributed by atoms with E-state index in [1.54, 1.807) is 0 Å². The first-order valence-electron chi connectivity index (χ1n) is 8.18. The molecular weight excluding hydrogens is 330 g/mol. The normalized spacial score (nSPS) is 20.7. The van der Waals surface area contributed by atoms with Gasteiger partial charge in [0.25, 0.3) is 0 Å². The second kappa shape index (κ2) is 8.30. The Morgan fingerprint density at radius 1 is 1.48 bits per heavy atom. The second-order valence-corrected chi connectivity index (χ2v) is 6.72. The minimum Gasteiger partial charge on any atom is -0.381 e. The van der Waals surface area contributed by atoms with Gasteiger partial charge in [-0.05, 0) is 54.1 Å². The first kappa shape index (κ1) is 17.0. The third-order valence-corrected chi connectivity index (χ3v) is 5.25. The van der Waals surface area contributed by atoms with E-state index in [0.29, 0.717) is 12.0 Å². The predicted molar refractivity (Wildman–Crippen MR) is 89.6 cm³/mol. The van der Waals surface area contributed by atoms with Gasteiger partial charge in [-0.2, -0.15) is 5.10 Å². The SMILES string of the molecule is CCCNC(Cc1c(Br)c(CC)nn1C)C1CCCOC1. The molecule has 0 aromatic carbocycles. The van der Waals surface area contributed by atoms with E-state index in [0.717, 1.165) is 44.7 Å². The lowest BCUT2D eigenvalue weighted by Crippen LogP contribution is -2.42. The molecule has 1 fully saturated rings. The Kier molecular flexibility index (Phi) is 6.71. The van der Waals surface area contributed by atoms with Crippen LogP contribution >= 0.6 is 15.9 Å². The molecule has 4 nitrogen and oxygen atoms in total. The Labute approximate surface area is 136 Å². The number of halogens is 1. The van der Waals surface area contributed by atoms with E-state index < -0.39 is 0 Å². The number of hydrogen-bond acceptors (Lipinski definition) is 3. The molecule has 2 heterocycles. The average Bonchev–Trinajstić information content (AvgIpc) is 2.79. The molecular formula is C16H28BrN3O. The summed E-state index contributed by atoms with van der Waals surface area (Å²) >= 11 is 3.74. The maximum atomic E-state index is 5.69. The third kappa shape index (κ3) is 4.30. The Balaban J connectivity index is 2.11. The Bertz CT molecular complexity index is 441. The Hall–Kier alpha value is -0.390. The zero-order valence-electron chi connectivity index (χ0n) is 13.5. The summed E-state index contributed by atoms with van der Waals surface area (Å²) in [6.07, 6.45) is 5.59. The van der Waals surface area contributed by atoms with Crippen molar-refractivity contribution >= 4 is 15.9 Å². The lowest BCUT2D eigenvalue weighted by molar-refractivity contribution is 0.0390. The first-order chi connectivity index (χ1) is 10.2. The zero-order valence-corrected chi connectivity index (χ0v) is 15.1. The molecule has 0 radical (unpaired) electrons. The Morgan fingerprint density at radius 2 is 2.29 bits per heavy atom. The molecule has 21 heavy (non-hydrogen) atoms. The zero-order chi connectivity index (χ0) is 15.2. The van der Waals surface area contributed by atoms with Crippen molar-refractivity contribution in [3.63, 3.8) is 0 Å². The van der Waals surface area contributed by atoms with Gasteiger partial charge >= 0.3 is 0 Å². The van der Waals surface area contributed by atoms with Crippen LogP contribution in [0.2, 0.25) is 0 Å². The van der Waals surface area contributed by atoms with Crippen LogP contribution in [0, 0.1) is 5.92 Å². The van der Waals surface area contributed by atoms with Crippen LogP contribution in [-0.4, -0.2) is 35.6 Å². The number of rotatable bonds is 7. The standard InChI is InChI=1S/C16H28BrN3O/c1-4-8-18-14(12-7-6-9-21-11-12)10-15-16(17)13(5-2)19-20(15)3/h12,14,18H,4-11H2,1-3H3. The molecule has 1 aromatic rings. The summed E-state index contributed by atoms with van der Waals surface area (Å²) in [5.41, 5.74) is 2.45. The predicted octanol–water partition coefficient (Wildman–Crippen LogP) is 3.08. The fraction of sp³-hybridized carbons (Fsp3) is 0.812. The first-order valence-corrected chi connectivity index (χ1v) is 8.98. The van der Waals surface area contributed by atoms with E-state index in [4.69, 9.17) is 4.74 Å². The smallest absolute Gasteiger partial charge is 0.0766 e. The average molecular weight is 358 g/mol.